The largest absolute Gasteiger partial charge is 0.507 e. The summed E-state index contributed by atoms with van der Waals surface area (Å²) >= 11 is 0. The number of benzene rings is 17. The van der Waals surface area contributed by atoms with Gasteiger partial charge in [0.25, 0.3) is 0 Å². The van der Waals surface area contributed by atoms with Crippen LogP contribution in [0.5, 0.6) is 47.0 Å². The molecule has 0 saturated carbocycles. The number of rotatable bonds is 19. The fraction of sp³-hybridized carbons (Fsp3) is 0.127. The molecule has 23 aromatic rings. The van der Waals surface area contributed by atoms with Gasteiger partial charge in [-0.25, -0.2) is 19.9 Å². The number of hydrogen-bond acceptors (Lipinski definition) is 20. The number of hydrogen-bond donors (Lipinski definition) is 4. The molecule has 0 amide bonds. The zero-order valence-corrected chi connectivity index (χ0v) is 83.0. The number of phenols is 4. The van der Waals surface area contributed by atoms with Crippen molar-refractivity contribution in [3.8, 4) is 183 Å². The van der Waals surface area contributed by atoms with Crippen molar-refractivity contribution in [2.75, 3.05) is 13.2 Å². The Kier molecular flexibility index (Phi) is 25.2. The topological polar surface area (TPSA) is 282 Å². The third-order valence-electron chi connectivity index (χ3n) is 27.0. The van der Waals surface area contributed by atoms with Crippen LogP contribution in [0.15, 0.2) is 376 Å². The molecule has 22 heteroatoms. The second-order valence-electron chi connectivity index (χ2n) is 37.9. The standard InChI is InChI=1S/C40H30N4O2.C34H26N4O2.2C26H23N3O2/c1-25(2)46-40-42-38(32-19-11-12-20-36(32)45)41-39(43-40)33-24-35-37(30-18-10-9-17-29(30)33)31-22-21-27(26-13-5-3-6-14-26)23-34(31)44(35)28-15-7-4-8-16-28;1-21(2)40-34-36-32(35-33(37-34)27-14-8-9-15-31(27)39)24-16-17-26-28-18-22-10-6-7-11-23(22)19-30(28)38(29(26)20-24)25-12-4-3-5-13-25;1-4-31-25-28-23(27-24(29-25)19-10-6-8-12-22(19)30)16-13-14-18-17-9-5-7-11-20(17)26(2,3)21(18)15-16;1-4-31-25-28-23(27-24(29-25)18-10-6-8-12-22(18)30)16-13-14-21-19(15-16)17-9-5-7-11-20(17)26(21,2)3/h3-25,45H,1-2H3;3-21,39H,1-2H3;2*5-15,30H,4H2,1-3H3. The van der Waals surface area contributed by atoms with Crippen molar-refractivity contribution in [1.82, 2.24) is 68.9 Å². The highest BCUT2D eigenvalue weighted by Gasteiger charge is 2.38. The lowest BCUT2D eigenvalue weighted by molar-refractivity contribution is 0.221. The maximum Gasteiger partial charge on any atom is 0.320 e. The van der Waals surface area contributed by atoms with Gasteiger partial charge in [-0.05, 0) is 234 Å². The van der Waals surface area contributed by atoms with Gasteiger partial charge in [0.15, 0.2) is 46.6 Å². The number of phenolic OH excluding ortho intramolecular Hbond substituents is 4. The lowest BCUT2D eigenvalue weighted by Crippen LogP contribution is -2.15. The summed E-state index contributed by atoms with van der Waals surface area (Å²) in [6.45, 7) is 21.4. The van der Waals surface area contributed by atoms with Crippen LogP contribution in [-0.4, -0.2) is 115 Å². The first-order valence-electron chi connectivity index (χ1n) is 49.5. The normalized spacial score (nSPS) is 12.4. The summed E-state index contributed by atoms with van der Waals surface area (Å²) in [5.74, 6) is 3.87. The Morgan fingerprint density at radius 1 is 0.236 bits per heavy atom. The van der Waals surface area contributed by atoms with Gasteiger partial charge in [-0.3, -0.25) is 0 Å². The lowest BCUT2D eigenvalue weighted by Gasteiger charge is -2.21. The van der Waals surface area contributed by atoms with Crippen molar-refractivity contribution in [3.05, 3.63) is 398 Å². The minimum Gasteiger partial charge on any atom is -0.507 e. The lowest BCUT2D eigenvalue weighted by atomic mass is 9.82. The summed E-state index contributed by atoms with van der Waals surface area (Å²) in [5, 5.41) is 51.0. The number of ether oxygens (including phenoxy) is 4. The van der Waals surface area contributed by atoms with Crippen molar-refractivity contribution >= 4 is 65.2 Å². The van der Waals surface area contributed by atoms with E-state index in [0.717, 1.165) is 88.2 Å². The SMILES string of the molecule is CC(C)Oc1nc(-c2ccc3c4cc5ccccc5cc4n(-c4ccccc4)c3c2)nc(-c2ccccc2O)n1.CC(C)Oc1nc(-c2ccccc2O)nc(-c2cc3c(c4ccccc24)c2ccc(-c4ccccc4)cc2n3-c2ccccc2)n1.CCOc1nc(-c2ccc3c(c2)-c2ccccc2C3(C)C)nc(-c2ccccc2O)n1.CCOc1nc(-c2ccc3c(c2)C(C)(C)c2ccccc2-3)nc(-c2ccccc2O)n1. The Bertz CT molecular complexity index is 9050. The number of fused-ring (bicyclic) bond motifs is 15. The third-order valence-corrected chi connectivity index (χ3v) is 27.0. The molecule has 0 aliphatic heterocycles. The molecule has 2 aliphatic rings. The number of aromatic hydroxyl groups is 4. The maximum atomic E-state index is 10.7. The highest BCUT2D eigenvalue weighted by molar-refractivity contribution is 6.24. The summed E-state index contributed by atoms with van der Waals surface area (Å²) < 4.78 is 27.8. The van der Waals surface area contributed by atoms with Crippen LogP contribution in [0.1, 0.15) is 91.5 Å². The highest BCUT2D eigenvalue weighted by atomic mass is 16.5. The van der Waals surface area contributed by atoms with Gasteiger partial charge in [0.2, 0.25) is 0 Å². The molecule has 148 heavy (non-hydrogen) atoms. The second-order valence-corrected chi connectivity index (χ2v) is 37.9. The van der Waals surface area contributed by atoms with E-state index >= 15 is 0 Å². The quantitative estimate of drug-likeness (QED) is 0.0585. The molecule has 0 saturated heterocycles. The molecular weight excluding hydrogens is 1840 g/mol. The third kappa shape index (κ3) is 18.1. The van der Waals surface area contributed by atoms with E-state index < -0.39 is 0 Å². The van der Waals surface area contributed by atoms with E-state index in [1.54, 1.807) is 72.8 Å². The zero-order valence-electron chi connectivity index (χ0n) is 83.0. The van der Waals surface area contributed by atoms with Crippen molar-refractivity contribution < 1.29 is 39.4 Å². The Balaban J connectivity index is 0.000000113. The molecule has 6 aromatic heterocycles. The summed E-state index contributed by atoms with van der Waals surface area (Å²) in [4.78, 5) is 55.6. The number of para-hydroxylation sites is 6. The molecule has 0 bridgehead atoms. The molecule has 0 fully saturated rings. The predicted molar refractivity (Wildman–Crippen MR) is 588 cm³/mol. The van der Waals surface area contributed by atoms with E-state index in [-0.39, 0.29) is 70.1 Å². The molecule has 724 valence electrons. The second kappa shape index (κ2) is 39.5. The predicted octanol–water partition coefficient (Wildman–Crippen LogP) is 28.8. The average Bonchev–Trinajstić information content (AvgIpc) is 1.56. The molecular formula is C126H102N14O8. The van der Waals surface area contributed by atoms with Crippen LogP contribution >= 0.6 is 0 Å². The summed E-state index contributed by atoms with van der Waals surface area (Å²) in [6.07, 6.45) is -0.268. The van der Waals surface area contributed by atoms with Crippen molar-refractivity contribution in [2.24, 2.45) is 0 Å². The van der Waals surface area contributed by atoms with Gasteiger partial charge in [-0.1, -0.05) is 289 Å². The van der Waals surface area contributed by atoms with Gasteiger partial charge >= 0.3 is 24.0 Å². The van der Waals surface area contributed by atoms with Gasteiger partial charge in [-0.2, -0.15) is 39.9 Å². The van der Waals surface area contributed by atoms with Crippen LogP contribution < -0.4 is 18.9 Å². The molecule has 0 unspecified atom stereocenters. The highest BCUT2D eigenvalue weighted by Crippen LogP contribution is 2.53. The van der Waals surface area contributed by atoms with Crippen LogP contribution in [0.4, 0.5) is 0 Å². The van der Waals surface area contributed by atoms with E-state index in [4.69, 9.17) is 33.9 Å². The molecule has 6 heterocycles. The van der Waals surface area contributed by atoms with Crippen LogP contribution in [0.2, 0.25) is 0 Å². The first-order chi connectivity index (χ1) is 72.1. The Hall–Kier alpha value is -18.7. The average molecular weight is 1940 g/mol. The first kappa shape index (κ1) is 94.2. The minimum absolute atomic E-state index is 0.0545. The first-order valence-corrected chi connectivity index (χ1v) is 49.5. The fourth-order valence-electron chi connectivity index (χ4n) is 20.1. The number of nitrogens with zero attached hydrogens (tertiary/aromatic N) is 14. The molecule has 4 N–H and O–H groups in total. The molecule has 25 rings (SSSR count). The minimum atomic E-state index is -0.147. The smallest absolute Gasteiger partial charge is 0.320 e. The summed E-state index contributed by atoms with van der Waals surface area (Å²) in [6, 6.07) is 127. The Morgan fingerprint density at radius 2 is 0.581 bits per heavy atom. The zero-order chi connectivity index (χ0) is 102. The van der Waals surface area contributed by atoms with Gasteiger partial charge in [0, 0.05) is 66.0 Å². The molecule has 0 radical (unpaired) electrons. The maximum absolute atomic E-state index is 10.7. The van der Waals surface area contributed by atoms with E-state index in [0.29, 0.717) is 82.1 Å². The Morgan fingerprint density at radius 3 is 1.09 bits per heavy atom. The molecule has 22 nitrogen and oxygen atoms in total. The van der Waals surface area contributed by atoms with Crippen molar-refractivity contribution in [1.29, 1.82) is 0 Å². The summed E-state index contributed by atoms with van der Waals surface area (Å²) in [5.41, 5.74) is 24.3. The van der Waals surface area contributed by atoms with E-state index in [2.05, 4.69) is 318 Å². The molecule has 0 atom stereocenters. The fourth-order valence-corrected chi connectivity index (χ4v) is 20.1. The monoisotopic (exact) mass is 1940 g/mol. The Labute approximate surface area is 854 Å². The van der Waals surface area contributed by atoms with Crippen molar-refractivity contribution in [3.63, 3.8) is 0 Å². The van der Waals surface area contributed by atoms with Crippen LogP contribution in [-0.2, 0) is 10.8 Å². The molecule has 2 aliphatic carbocycles. The summed E-state index contributed by atoms with van der Waals surface area (Å²) in [7, 11) is 0. The van der Waals surface area contributed by atoms with E-state index in [9.17, 15) is 20.4 Å². The van der Waals surface area contributed by atoms with Gasteiger partial charge in [-0.15, -0.1) is 0 Å². The molecule has 17 aromatic carbocycles. The van der Waals surface area contributed by atoms with Crippen LogP contribution in [0.25, 0.3) is 201 Å². The van der Waals surface area contributed by atoms with Crippen LogP contribution in [0.3, 0.4) is 0 Å². The van der Waals surface area contributed by atoms with Crippen molar-refractivity contribution in [2.45, 2.75) is 92.3 Å². The van der Waals surface area contributed by atoms with Gasteiger partial charge in [0.1, 0.15) is 23.0 Å². The number of aromatic nitrogens is 14. The van der Waals surface area contributed by atoms with Gasteiger partial charge in [0.05, 0.1) is 69.7 Å². The van der Waals surface area contributed by atoms with E-state index in [1.165, 1.54) is 66.2 Å². The molecule has 0 spiro atoms. The van der Waals surface area contributed by atoms with E-state index in [1.807, 2.05) is 108 Å². The van der Waals surface area contributed by atoms with Gasteiger partial charge < -0.3 is 48.5 Å². The van der Waals surface area contributed by atoms with Crippen LogP contribution in [0, 0.1) is 0 Å².